The van der Waals surface area contributed by atoms with Gasteiger partial charge in [-0.15, -0.1) is 0 Å². The molecule has 0 aromatic heterocycles. The summed E-state index contributed by atoms with van der Waals surface area (Å²) in [6, 6.07) is 5.45. The van der Waals surface area contributed by atoms with E-state index in [1.807, 2.05) is 19.2 Å². The Morgan fingerprint density at radius 3 is 2.87 bits per heavy atom. The minimum atomic E-state index is 0.336. The largest absolute Gasteiger partial charge is 0.508 e. The molecule has 1 N–H and O–H groups in total. The molecule has 3 nitrogen and oxygen atoms in total. The van der Waals surface area contributed by atoms with Crippen LogP contribution in [-0.2, 0) is 11.3 Å². The second-order valence-electron chi connectivity index (χ2n) is 3.50. The Morgan fingerprint density at radius 2 is 2.20 bits per heavy atom. The van der Waals surface area contributed by atoms with Crippen molar-refractivity contribution in [1.82, 2.24) is 4.90 Å². The fourth-order valence-corrected chi connectivity index (χ4v) is 1.71. The first kappa shape index (κ1) is 12.5. The molecule has 0 fully saturated rings. The minimum absolute atomic E-state index is 0.336. The summed E-state index contributed by atoms with van der Waals surface area (Å²) in [5, 5.41) is 9.63. The molecular formula is C11H16BrNO2. The molecule has 1 aromatic rings. The number of phenolic OH excluding ortho intramolecular Hbond substituents is 1. The summed E-state index contributed by atoms with van der Waals surface area (Å²) in [7, 11) is 3.68. The number of ether oxygens (including phenoxy) is 1. The van der Waals surface area contributed by atoms with Crippen molar-refractivity contribution in [2.75, 3.05) is 27.3 Å². The standard InChI is InChI=1S/C11H16BrNO2/c1-13(5-6-15-2)8-9-7-10(12)3-4-11(9)14/h3-4,7,14H,5-6,8H2,1-2H3. The van der Waals surface area contributed by atoms with E-state index >= 15 is 0 Å². The lowest BCUT2D eigenvalue weighted by Gasteiger charge is -2.16. The van der Waals surface area contributed by atoms with Crippen LogP contribution < -0.4 is 0 Å². The fourth-order valence-electron chi connectivity index (χ4n) is 1.30. The molecule has 0 spiro atoms. The van der Waals surface area contributed by atoms with Crippen molar-refractivity contribution in [1.29, 1.82) is 0 Å². The summed E-state index contributed by atoms with van der Waals surface area (Å²) in [6.45, 7) is 2.27. The van der Waals surface area contributed by atoms with Crippen LogP contribution in [0.3, 0.4) is 0 Å². The third-order valence-electron chi connectivity index (χ3n) is 2.16. The van der Waals surface area contributed by atoms with Gasteiger partial charge >= 0.3 is 0 Å². The number of rotatable bonds is 5. The highest BCUT2D eigenvalue weighted by molar-refractivity contribution is 9.10. The highest BCUT2D eigenvalue weighted by Crippen LogP contribution is 2.22. The Labute approximate surface area is 98.8 Å². The van der Waals surface area contributed by atoms with Crippen LogP contribution in [0.5, 0.6) is 5.75 Å². The van der Waals surface area contributed by atoms with Gasteiger partial charge < -0.3 is 9.84 Å². The highest BCUT2D eigenvalue weighted by atomic mass is 79.9. The maximum atomic E-state index is 9.63. The number of halogens is 1. The molecule has 0 heterocycles. The van der Waals surface area contributed by atoms with Gasteiger partial charge in [0.25, 0.3) is 0 Å². The number of nitrogens with zero attached hydrogens (tertiary/aromatic N) is 1. The van der Waals surface area contributed by atoms with E-state index in [1.165, 1.54) is 0 Å². The van der Waals surface area contributed by atoms with Gasteiger partial charge in [0.2, 0.25) is 0 Å². The summed E-state index contributed by atoms with van der Waals surface area (Å²) in [5.74, 6) is 0.336. The monoisotopic (exact) mass is 273 g/mol. The zero-order chi connectivity index (χ0) is 11.3. The molecule has 0 radical (unpaired) electrons. The first-order chi connectivity index (χ1) is 7.13. The van der Waals surface area contributed by atoms with Crippen molar-refractivity contribution < 1.29 is 9.84 Å². The molecule has 84 valence electrons. The Balaban J connectivity index is 2.59. The average molecular weight is 274 g/mol. The summed E-state index contributed by atoms with van der Waals surface area (Å²) < 4.78 is 5.97. The van der Waals surface area contributed by atoms with Gasteiger partial charge in [-0.3, -0.25) is 4.90 Å². The van der Waals surface area contributed by atoms with Crippen LogP contribution in [0, 0.1) is 0 Å². The molecule has 1 aromatic carbocycles. The molecule has 0 amide bonds. The smallest absolute Gasteiger partial charge is 0.120 e. The van der Waals surface area contributed by atoms with E-state index in [4.69, 9.17) is 4.74 Å². The van der Waals surface area contributed by atoms with Crippen molar-refractivity contribution in [3.05, 3.63) is 28.2 Å². The molecule has 4 heteroatoms. The number of hydrogen-bond acceptors (Lipinski definition) is 3. The van der Waals surface area contributed by atoms with Gasteiger partial charge in [0, 0.05) is 30.2 Å². The van der Waals surface area contributed by atoms with Crippen LogP contribution in [0.2, 0.25) is 0 Å². The van der Waals surface area contributed by atoms with Crippen LogP contribution in [0.4, 0.5) is 0 Å². The molecule has 0 aliphatic heterocycles. The molecule has 1 rings (SSSR count). The van der Waals surface area contributed by atoms with Gasteiger partial charge in [0.1, 0.15) is 5.75 Å². The molecule has 0 saturated heterocycles. The normalized spacial score (nSPS) is 10.9. The third-order valence-corrected chi connectivity index (χ3v) is 2.65. The van der Waals surface area contributed by atoms with Gasteiger partial charge in [-0.25, -0.2) is 0 Å². The summed E-state index contributed by atoms with van der Waals surface area (Å²) in [6.07, 6.45) is 0. The van der Waals surface area contributed by atoms with Crippen LogP contribution in [0.25, 0.3) is 0 Å². The van der Waals surface area contributed by atoms with Gasteiger partial charge in [0.15, 0.2) is 0 Å². The van der Waals surface area contributed by atoms with Crippen LogP contribution in [0.15, 0.2) is 22.7 Å². The highest BCUT2D eigenvalue weighted by Gasteiger charge is 2.05. The van der Waals surface area contributed by atoms with Crippen molar-refractivity contribution in [2.45, 2.75) is 6.54 Å². The second kappa shape index (κ2) is 6.10. The Hall–Kier alpha value is -0.580. The minimum Gasteiger partial charge on any atom is -0.508 e. The van der Waals surface area contributed by atoms with E-state index in [0.717, 1.165) is 16.6 Å². The third kappa shape index (κ3) is 4.20. The fraction of sp³-hybridized carbons (Fsp3) is 0.455. The quantitative estimate of drug-likeness (QED) is 0.893. The number of aromatic hydroxyl groups is 1. The van der Waals surface area contributed by atoms with Gasteiger partial charge in [-0.1, -0.05) is 15.9 Å². The number of benzene rings is 1. The van der Waals surface area contributed by atoms with E-state index in [0.29, 0.717) is 18.9 Å². The van der Waals surface area contributed by atoms with E-state index in [9.17, 15) is 5.11 Å². The number of likely N-dealkylation sites (N-methyl/N-ethyl adjacent to an activating group) is 1. The molecule has 0 bridgehead atoms. The lowest BCUT2D eigenvalue weighted by molar-refractivity contribution is 0.158. The molecule has 15 heavy (non-hydrogen) atoms. The van der Waals surface area contributed by atoms with E-state index in [1.54, 1.807) is 13.2 Å². The Morgan fingerprint density at radius 1 is 1.47 bits per heavy atom. The lowest BCUT2D eigenvalue weighted by atomic mass is 10.2. The first-order valence-corrected chi connectivity index (χ1v) is 5.57. The van der Waals surface area contributed by atoms with Crippen molar-refractivity contribution in [2.24, 2.45) is 0 Å². The van der Waals surface area contributed by atoms with Crippen LogP contribution in [0.1, 0.15) is 5.56 Å². The predicted octanol–water partition coefficient (Wildman–Crippen LogP) is 2.23. The summed E-state index contributed by atoms with van der Waals surface area (Å²) in [4.78, 5) is 2.10. The first-order valence-electron chi connectivity index (χ1n) is 4.78. The summed E-state index contributed by atoms with van der Waals surface area (Å²) in [5.41, 5.74) is 0.919. The van der Waals surface area contributed by atoms with Crippen molar-refractivity contribution >= 4 is 15.9 Å². The van der Waals surface area contributed by atoms with E-state index in [-0.39, 0.29) is 0 Å². The Bertz CT molecular complexity index is 317. The van der Waals surface area contributed by atoms with Gasteiger partial charge in [0.05, 0.1) is 6.61 Å². The Kier molecular flexibility index (Phi) is 5.08. The molecule has 0 aliphatic rings. The van der Waals surface area contributed by atoms with E-state index in [2.05, 4.69) is 20.8 Å². The number of phenols is 1. The van der Waals surface area contributed by atoms with Crippen LogP contribution in [-0.4, -0.2) is 37.3 Å². The maximum Gasteiger partial charge on any atom is 0.120 e. The number of hydrogen-bond donors (Lipinski definition) is 1. The SMILES string of the molecule is COCCN(C)Cc1cc(Br)ccc1O. The maximum absolute atomic E-state index is 9.63. The predicted molar refractivity (Wildman–Crippen MR) is 64.0 cm³/mol. The van der Waals surface area contributed by atoms with Crippen LogP contribution >= 0.6 is 15.9 Å². The molecular weight excluding hydrogens is 258 g/mol. The number of methoxy groups -OCH3 is 1. The molecule has 0 atom stereocenters. The summed E-state index contributed by atoms with van der Waals surface area (Å²) >= 11 is 3.38. The topological polar surface area (TPSA) is 32.7 Å². The lowest BCUT2D eigenvalue weighted by Crippen LogP contribution is -2.22. The van der Waals surface area contributed by atoms with Crippen molar-refractivity contribution in [3.8, 4) is 5.75 Å². The molecule has 0 aliphatic carbocycles. The van der Waals surface area contributed by atoms with Gasteiger partial charge in [-0.05, 0) is 25.2 Å². The zero-order valence-electron chi connectivity index (χ0n) is 9.03. The van der Waals surface area contributed by atoms with E-state index < -0.39 is 0 Å². The zero-order valence-corrected chi connectivity index (χ0v) is 10.6. The second-order valence-corrected chi connectivity index (χ2v) is 4.42. The van der Waals surface area contributed by atoms with Crippen molar-refractivity contribution in [3.63, 3.8) is 0 Å². The molecule has 0 saturated carbocycles. The molecule has 0 unspecified atom stereocenters. The van der Waals surface area contributed by atoms with Gasteiger partial charge in [-0.2, -0.15) is 0 Å². The average Bonchev–Trinajstić information content (AvgIpc) is 2.20.